The molecule has 0 fully saturated rings. The van der Waals surface area contributed by atoms with Crippen LogP contribution in [-0.4, -0.2) is 0 Å². The third kappa shape index (κ3) is 8.54. The first kappa shape index (κ1) is 40.3. The van der Waals surface area contributed by atoms with Crippen molar-refractivity contribution in [2.75, 3.05) is 9.80 Å². The van der Waals surface area contributed by atoms with Crippen molar-refractivity contribution >= 4 is 55.9 Å². The summed E-state index contributed by atoms with van der Waals surface area (Å²) in [4.78, 5) is 4.79. The van der Waals surface area contributed by atoms with Crippen molar-refractivity contribution in [1.29, 1.82) is 0 Å². The Kier molecular flexibility index (Phi) is 13.0. The van der Waals surface area contributed by atoms with Gasteiger partial charge in [-0.2, -0.15) is 0 Å². The number of rotatable bonds is 14. The maximum absolute atomic E-state index is 4.07. The van der Waals surface area contributed by atoms with Crippen molar-refractivity contribution in [2.24, 2.45) is 0 Å². The molecule has 0 saturated carbocycles. The number of benzene rings is 6. The summed E-state index contributed by atoms with van der Waals surface area (Å²) in [6.45, 7) is 16.8. The Morgan fingerprint density at radius 1 is 0.644 bits per heavy atom. The van der Waals surface area contributed by atoms with E-state index in [1.807, 2.05) is 18.2 Å². The molecule has 6 aromatic carbocycles. The van der Waals surface area contributed by atoms with E-state index in [1.54, 1.807) is 0 Å². The molecular weight excluding hydrogens is 713 g/mol. The summed E-state index contributed by atoms with van der Waals surface area (Å²) in [6.07, 6.45) is 30.9. The van der Waals surface area contributed by atoms with Crippen LogP contribution in [0.5, 0.6) is 0 Å². The first-order chi connectivity index (χ1) is 29.0. The number of fused-ring (bicyclic) bond motifs is 3. The van der Waals surface area contributed by atoms with E-state index in [2.05, 4.69) is 227 Å². The van der Waals surface area contributed by atoms with Crippen LogP contribution in [0.3, 0.4) is 0 Å². The molecule has 0 aromatic heterocycles. The van der Waals surface area contributed by atoms with Crippen molar-refractivity contribution in [2.45, 2.75) is 47.0 Å². The van der Waals surface area contributed by atoms with Gasteiger partial charge in [0.25, 0.3) is 0 Å². The van der Waals surface area contributed by atoms with Crippen LogP contribution in [0, 0.1) is 6.92 Å². The summed E-state index contributed by atoms with van der Waals surface area (Å²) >= 11 is 0. The lowest BCUT2D eigenvalue weighted by molar-refractivity contribution is 1.04. The van der Waals surface area contributed by atoms with Gasteiger partial charge in [-0.25, -0.2) is 0 Å². The van der Waals surface area contributed by atoms with Crippen LogP contribution in [0.15, 0.2) is 213 Å². The van der Waals surface area contributed by atoms with E-state index in [-0.39, 0.29) is 0 Å². The molecular formula is C57H54N2. The molecule has 6 aromatic rings. The molecule has 59 heavy (non-hydrogen) atoms. The summed E-state index contributed by atoms with van der Waals surface area (Å²) in [5.41, 5.74) is 13.8. The van der Waals surface area contributed by atoms with Gasteiger partial charge in [0.2, 0.25) is 0 Å². The average Bonchev–Trinajstić information content (AvgIpc) is 3.29. The van der Waals surface area contributed by atoms with E-state index in [0.29, 0.717) is 0 Å². The zero-order chi connectivity index (χ0) is 41.1. The van der Waals surface area contributed by atoms with Gasteiger partial charge in [0, 0.05) is 33.7 Å². The molecule has 2 heteroatoms. The second-order valence-electron chi connectivity index (χ2n) is 14.7. The lowest BCUT2D eigenvalue weighted by Crippen LogP contribution is -2.17. The predicted molar refractivity (Wildman–Crippen MR) is 261 cm³/mol. The van der Waals surface area contributed by atoms with Gasteiger partial charge < -0.3 is 9.80 Å². The highest BCUT2D eigenvalue weighted by Gasteiger charge is 2.23. The number of anilines is 4. The molecule has 292 valence electrons. The Bertz CT molecular complexity index is 2680. The SMILES string of the molecule is C=C/C=C\C(=C/C)N(c1ccc(C2=CCCC=C2)cc1)c1cc2cc(N(C(/C=C\CC)=C/C)c3ccc(-c4ccccc4)cc3)c(/C=C\C=C)c(C)c2c2ccccc12. The summed E-state index contributed by atoms with van der Waals surface area (Å²) in [7, 11) is 0. The fraction of sp³-hybridized carbons (Fsp3) is 0.123. The number of hydrogen-bond donors (Lipinski definition) is 0. The fourth-order valence-electron chi connectivity index (χ4n) is 8.13. The predicted octanol–water partition coefficient (Wildman–Crippen LogP) is 16.7. The van der Waals surface area contributed by atoms with Gasteiger partial charge in [-0.05, 0) is 133 Å². The zero-order valence-electron chi connectivity index (χ0n) is 34.9. The molecule has 1 aliphatic carbocycles. The number of aryl methyl sites for hydroxylation is 1. The van der Waals surface area contributed by atoms with E-state index >= 15 is 0 Å². The van der Waals surface area contributed by atoms with Crippen LogP contribution in [-0.2, 0) is 0 Å². The Morgan fingerprint density at radius 3 is 1.86 bits per heavy atom. The first-order valence-corrected chi connectivity index (χ1v) is 20.8. The Hall–Kier alpha value is -6.90. The molecule has 0 heterocycles. The second-order valence-corrected chi connectivity index (χ2v) is 14.7. The quantitative estimate of drug-likeness (QED) is 0.0805. The molecule has 0 unspecified atom stereocenters. The van der Waals surface area contributed by atoms with Crippen LogP contribution in [0.4, 0.5) is 22.7 Å². The normalized spacial score (nSPS) is 13.5. The van der Waals surface area contributed by atoms with Crippen LogP contribution >= 0.6 is 0 Å². The maximum atomic E-state index is 4.07. The van der Waals surface area contributed by atoms with Gasteiger partial charge in [0.15, 0.2) is 0 Å². The van der Waals surface area contributed by atoms with Crippen molar-refractivity contribution in [1.82, 2.24) is 0 Å². The highest BCUT2D eigenvalue weighted by molar-refractivity contribution is 6.17. The molecule has 0 bridgehead atoms. The average molecular weight is 767 g/mol. The van der Waals surface area contributed by atoms with Crippen molar-refractivity contribution in [3.63, 3.8) is 0 Å². The topological polar surface area (TPSA) is 6.48 Å². The molecule has 0 saturated heterocycles. The van der Waals surface area contributed by atoms with Gasteiger partial charge in [-0.3, -0.25) is 0 Å². The van der Waals surface area contributed by atoms with Crippen molar-refractivity contribution in [3.8, 4) is 11.1 Å². The Morgan fingerprint density at radius 2 is 1.24 bits per heavy atom. The third-order valence-electron chi connectivity index (χ3n) is 11.0. The lowest BCUT2D eigenvalue weighted by atomic mass is 9.91. The molecule has 0 amide bonds. The van der Waals surface area contributed by atoms with Crippen LogP contribution in [0.25, 0.3) is 44.3 Å². The summed E-state index contributed by atoms with van der Waals surface area (Å²) in [5, 5.41) is 4.77. The molecule has 7 rings (SSSR count). The minimum atomic E-state index is 0.937. The largest absolute Gasteiger partial charge is 0.310 e. The molecule has 0 spiro atoms. The highest BCUT2D eigenvalue weighted by atomic mass is 15.2. The molecule has 0 N–H and O–H groups in total. The van der Waals surface area contributed by atoms with E-state index in [1.165, 1.54) is 44.0 Å². The summed E-state index contributed by atoms with van der Waals surface area (Å²) in [5.74, 6) is 0. The maximum Gasteiger partial charge on any atom is 0.0546 e. The van der Waals surface area contributed by atoms with Crippen LogP contribution in [0.1, 0.15) is 56.7 Å². The van der Waals surface area contributed by atoms with Crippen molar-refractivity contribution < 1.29 is 0 Å². The summed E-state index contributed by atoms with van der Waals surface area (Å²) < 4.78 is 0. The lowest BCUT2D eigenvalue weighted by Gasteiger charge is -2.31. The standard InChI is InChI=1S/C57H54N2/c1-7-12-27-48(10-4)58(50-36-32-45(33-37-50)43-23-17-15-18-24-43)55-40-47-41-56(53-30-21-22-31-54(53)57(47)42(6)52(55)29-14-9-3)59(49(11-5)28-13-8-2)51-38-34-46(35-39-51)44-25-19-16-20-26-44/h8-15,17-19,21-41H,2-3,7,16,20H2,1,4-6H3/b27-12-,28-13-,29-14-,48-10+,49-11+. The molecule has 0 atom stereocenters. The monoisotopic (exact) mass is 766 g/mol. The van der Waals surface area contributed by atoms with Crippen LogP contribution in [0.2, 0.25) is 0 Å². The van der Waals surface area contributed by atoms with Crippen LogP contribution < -0.4 is 9.80 Å². The Balaban J connectivity index is 1.51. The van der Waals surface area contributed by atoms with E-state index < -0.39 is 0 Å². The first-order valence-electron chi connectivity index (χ1n) is 20.8. The number of nitrogens with zero attached hydrogens (tertiary/aromatic N) is 2. The molecule has 0 aliphatic heterocycles. The third-order valence-corrected chi connectivity index (χ3v) is 11.0. The molecule has 0 radical (unpaired) electrons. The minimum Gasteiger partial charge on any atom is -0.310 e. The second kappa shape index (κ2) is 19.0. The highest BCUT2D eigenvalue weighted by Crippen LogP contribution is 2.46. The fourth-order valence-corrected chi connectivity index (χ4v) is 8.13. The van der Waals surface area contributed by atoms with E-state index in [4.69, 9.17) is 0 Å². The Labute approximate surface area is 351 Å². The summed E-state index contributed by atoms with van der Waals surface area (Å²) in [6, 6.07) is 42.1. The number of hydrogen-bond acceptors (Lipinski definition) is 2. The van der Waals surface area contributed by atoms with Gasteiger partial charge >= 0.3 is 0 Å². The van der Waals surface area contributed by atoms with Gasteiger partial charge in [0.1, 0.15) is 0 Å². The van der Waals surface area contributed by atoms with E-state index in [0.717, 1.165) is 64.4 Å². The van der Waals surface area contributed by atoms with Gasteiger partial charge in [-0.1, -0.05) is 166 Å². The molecule has 2 nitrogen and oxygen atoms in total. The van der Waals surface area contributed by atoms with Gasteiger partial charge in [0.05, 0.1) is 11.4 Å². The van der Waals surface area contributed by atoms with Crippen molar-refractivity contribution in [3.05, 3.63) is 229 Å². The smallest absolute Gasteiger partial charge is 0.0546 e. The minimum absolute atomic E-state index is 0.937. The molecule has 1 aliphatic rings. The number of allylic oxidation sites excluding steroid dienone is 13. The van der Waals surface area contributed by atoms with Gasteiger partial charge in [-0.15, -0.1) is 0 Å². The zero-order valence-corrected chi connectivity index (χ0v) is 34.9. The van der Waals surface area contributed by atoms with E-state index in [9.17, 15) is 0 Å².